The summed E-state index contributed by atoms with van der Waals surface area (Å²) in [6.45, 7) is 4.41. The number of nitrogens with zero attached hydrogens (tertiary/aromatic N) is 2. The molecule has 102 valence electrons. The molecule has 0 saturated carbocycles. The average molecular weight is 262 g/mol. The standard InChI is InChI=1S/C14H18N2O3/c1-10-6-3-4-9-15(10)14(17)12-7-5-8-13(11(12)2)16(18)19/h5,7-8,10H,3-4,6,9H2,1-2H3. The van der Waals surface area contributed by atoms with Gasteiger partial charge in [-0.05, 0) is 39.2 Å². The number of hydrogen-bond donors (Lipinski definition) is 0. The second-order valence-corrected chi connectivity index (χ2v) is 5.05. The van der Waals surface area contributed by atoms with Gasteiger partial charge in [-0.2, -0.15) is 0 Å². The van der Waals surface area contributed by atoms with E-state index in [4.69, 9.17) is 0 Å². The van der Waals surface area contributed by atoms with Gasteiger partial charge in [-0.3, -0.25) is 14.9 Å². The zero-order valence-electron chi connectivity index (χ0n) is 11.3. The lowest BCUT2D eigenvalue weighted by atomic mass is 10.00. The molecule has 1 heterocycles. The van der Waals surface area contributed by atoms with Gasteiger partial charge in [0.2, 0.25) is 0 Å². The fraction of sp³-hybridized carbons (Fsp3) is 0.500. The Bertz CT molecular complexity index is 513. The fourth-order valence-electron chi connectivity index (χ4n) is 2.61. The predicted molar refractivity (Wildman–Crippen MR) is 72.2 cm³/mol. The molecule has 0 aliphatic carbocycles. The molecular weight excluding hydrogens is 244 g/mol. The minimum Gasteiger partial charge on any atom is -0.336 e. The Hall–Kier alpha value is -1.91. The van der Waals surface area contributed by atoms with Gasteiger partial charge >= 0.3 is 0 Å². The van der Waals surface area contributed by atoms with Crippen molar-refractivity contribution in [1.82, 2.24) is 4.90 Å². The van der Waals surface area contributed by atoms with Gasteiger partial charge in [0.05, 0.1) is 4.92 Å². The van der Waals surface area contributed by atoms with Crippen LogP contribution in [0.25, 0.3) is 0 Å². The van der Waals surface area contributed by atoms with Crippen LogP contribution in [-0.4, -0.2) is 28.3 Å². The van der Waals surface area contributed by atoms with Gasteiger partial charge in [-0.1, -0.05) is 6.07 Å². The van der Waals surface area contributed by atoms with E-state index < -0.39 is 4.92 Å². The lowest BCUT2D eigenvalue weighted by Crippen LogP contribution is -2.42. The topological polar surface area (TPSA) is 63.5 Å². The summed E-state index contributed by atoms with van der Waals surface area (Å²) in [7, 11) is 0. The SMILES string of the molecule is Cc1c(C(=O)N2CCCCC2C)cccc1[N+](=O)[O-]. The number of nitro groups is 1. The Labute approximate surface area is 112 Å². The predicted octanol–water partition coefficient (Wildman–Crippen LogP) is 2.92. The van der Waals surface area contributed by atoms with Crippen molar-refractivity contribution in [2.45, 2.75) is 39.2 Å². The number of rotatable bonds is 2. The molecule has 1 fully saturated rings. The summed E-state index contributed by atoms with van der Waals surface area (Å²) in [6.07, 6.45) is 3.14. The lowest BCUT2D eigenvalue weighted by Gasteiger charge is -2.33. The van der Waals surface area contributed by atoms with Crippen LogP contribution >= 0.6 is 0 Å². The summed E-state index contributed by atoms with van der Waals surface area (Å²) in [5.41, 5.74) is 0.911. The van der Waals surface area contributed by atoms with Crippen molar-refractivity contribution in [3.05, 3.63) is 39.4 Å². The molecule has 19 heavy (non-hydrogen) atoms. The van der Waals surface area contributed by atoms with E-state index in [9.17, 15) is 14.9 Å². The third-order valence-electron chi connectivity index (χ3n) is 3.80. The Balaban J connectivity index is 2.33. The van der Waals surface area contributed by atoms with Crippen LogP contribution in [0, 0.1) is 17.0 Å². The number of carbonyl (C=O) groups is 1. The van der Waals surface area contributed by atoms with E-state index in [0.717, 1.165) is 25.8 Å². The van der Waals surface area contributed by atoms with E-state index in [1.807, 2.05) is 11.8 Å². The number of carbonyl (C=O) groups excluding carboxylic acids is 1. The van der Waals surface area contributed by atoms with Crippen molar-refractivity contribution >= 4 is 11.6 Å². The van der Waals surface area contributed by atoms with E-state index in [1.165, 1.54) is 6.07 Å². The van der Waals surface area contributed by atoms with E-state index in [0.29, 0.717) is 11.1 Å². The molecule has 2 rings (SSSR count). The normalized spacial score (nSPS) is 19.3. The van der Waals surface area contributed by atoms with Crippen molar-refractivity contribution < 1.29 is 9.72 Å². The quantitative estimate of drug-likeness (QED) is 0.608. The molecule has 1 unspecified atom stereocenters. The van der Waals surface area contributed by atoms with Crippen molar-refractivity contribution in [3.63, 3.8) is 0 Å². The minimum atomic E-state index is -0.439. The van der Waals surface area contributed by atoms with Crippen LogP contribution in [0.15, 0.2) is 18.2 Å². The van der Waals surface area contributed by atoms with Crippen LogP contribution in [-0.2, 0) is 0 Å². The highest BCUT2D eigenvalue weighted by atomic mass is 16.6. The summed E-state index contributed by atoms with van der Waals surface area (Å²) in [5, 5.41) is 10.9. The monoisotopic (exact) mass is 262 g/mol. The molecule has 0 aromatic heterocycles. The molecule has 1 aliphatic heterocycles. The summed E-state index contributed by atoms with van der Waals surface area (Å²) in [6, 6.07) is 4.89. The van der Waals surface area contributed by atoms with E-state index >= 15 is 0 Å². The highest BCUT2D eigenvalue weighted by molar-refractivity contribution is 5.96. The lowest BCUT2D eigenvalue weighted by molar-refractivity contribution is -0.385. The first-order valence-corrected chi connectivity index (χ1v) is 6.57. The molecule has 1 atom stereocenters. The van der Waals surface area contributed by atoms with Gasteiger partial charge in [0.15, 0.2) is 0 Å². The first-order valence-electron chi connectivity index (χ1n) is 6.57. The molecule has 1 aliphatic rings. The summed E-state index contributed by atoms with van der Waals surface area (Å²) in [4.78, 5) is 24.8. The fourth-order valence-corrected chi connectivity index (χ4v) is 2.61. The molecule has 0 bridgehead atoms. The maximum atomic E-state index is 12.5. The van der Waals surface area contributed by atoms with E-state index in [-0.39, 0.29) is 17.6 Å². The second-order valence-electron chi connectivity index (χ2n) is 5.05. The maximum Gasteiger partial charge on any atom is 0.273 e. The number of benzene rings is 1. The molecule has 0 spiro atoms. The Kier molecular flexibility index (Phi) is 3.83. The number of piperidine rings is 1. The zero-order chi connectivity index (χ0) is 14.0. The Morgan fingerprint density at radius 2 is 2.16 bits per heavy atom. The van der Waals surface area contributed by atoms with Gasteiger partial charge in [-0.25, -0.2) is 0 Å². The first kappa shape index (κ1) is 13.5. The van der Waals surface area contributed by atoms with Gasteiger partial charge in [0.1, 0.15) is 0 Å². The minimum absolute atomic E-state index is 0.00973. The van der Waals surface area contributed by atoms with Crippen molar-refractivity contribution in [1.29, 1.82) is 0 Å². The van der Waals surface area contributed by atoms with Crippen molar-refractivity contribution in [2.75, 3.05) is 6.54 Å². The molecular formula is C14H18N2O3. The highest BCUT2D eigenvalue weighted by Crippen LogP contribution is 2.25. The zero-order valence-corrected chi connectivity index (χ0v) is 11.3. The Morgan fingerprint density at radius 1 is 1.42 bits per heavy atom. The number of amides is 1. The highest BCUT2D eigenvalue weighted by Gasteiger charge is 2.27. The van der Waals surface area contributed by atoms with Crippen molar-refractivity contribution in [3.8, 4) is 0 Å². The van der Waals surface area contributed by atoms with Crippen LogP contribution in [0.4, 0.5) is 5.69 Å². The molecule has 1 amide bonds. The third-order valence-corrected chi connectivity index (χ3v) is 3.80. The van der Waals surface area contributed by atoms with Gasteiger partial charge in [-0.15, -0.1) is 0 Å². The molecule has 0 N–H and O–H groups in total. The molecule has 1 aromatic carbocycles. The number of nitro benzene ring substituents is 1. The number of likely N-dealkylation sites (tertiary alicyclic amines) is 1. The van der Waals surface area contributed by atoms with E-state index in [1.54, 1.807) is 19.1 Å². The first-order chi connectivity index (χ1) is 9.02. The van der Waals surface area contributed by atoms with Gasteiger partial charge < -0.3 is 4.90 Å². The van der Waals surface area contributed by atoms with Gasteiger partial charge in [0.25, 0.3) is 11.6 Å². The molecule has 5 nitrogen and oxygen atoms in total. The summed E-state index contributed by atoms with van der Waals surface area (Å²) < 4.78 is 0. The van der Waals surface area contributed by atoms with E-state index in [2.05, 4.69) is 0 Å². The van der Waals surface area contributed by atoms with Gasteiger partial charge in [0, 0.05) is 29.8 Å². The maximum absolute atomic E-state index is 12.5. The average Bonchev–Trinajstić information content (AvgIpc) is 2.38. The Morgan fingerprint density at radius 3 is 2.79 bits per heavy atom. The molecule has 0 radical (unpaired) electrons. The van der Waals surface area contributed by atoms with Crippen LogP contribution in [0.5, 0.6) is 0 Å². The molecule has 5 heteroatoms. The smallest absolute Gasteiger partial charge is 0.273 e. The van der Waals surface area contributed by atoms with Crippen LogP contribution in [0.1, 0.15) is 42.1 Å². The van der Waals surface area contributed by atoms with Crippen LogP contribution in [0.2, 0.25) is 0 Å². The summed E-state index contributed by atoms with van der Waals surface area (Å²) >= 11 is 0. The molecule has 1 aromatic rings. The second kappa shape index (κ2) is 5.38. The van der Waals surface area contributed by atoms with Crippen LogP contribution < -0.4 is 0 Å². The largest absolute Gasteiger partial charge is 0.336 e. The molecule has 1 saturated heterocycles. The number of hydrogen-bond acceptors (Lipinski definition) is 3. The van der Waals surface area contributed by atoms with Crippen molar-refractivity contribution in [2.24, 2.45) is 0 Å². The third kappa shape index (κ3) is 2.59. The summed E-state index contributed by atoms with van der Waals surface area (Å²) in [5.74, 6) is -0.0894. The van der Waals surface area contributed by atoms with Crippen LogP contribution in [0.3, 0.4) is 0 Å².